The lowest BCUT2D eigenvalue weighted by atomic mass is 9.98. The molecule has 0 radical (unpaired) electrons. The highest BCUT2D eigenvalue weighted by molar-refractivity contribution is 6.31. The lowest BCUT2D eigenvalue weighted by Gasteiger charge is -2.32. The van der Waals surface area contributed by atoms with Gasteiger partial charge in [0.15, 0.2) is 0 Å². The molecule has 0 spiro atoms. The van der Waals surface area contributed by atoms with Crippen molar-refractivity contribution in [2.24, 2.45) is 5.92 Å². The molecule has 5 nitrogen and oxygen atoms in total. The van der Waals surface area contributed by atoms with Crippen molar-refractivity contribution >= 4 is 17.4 Å². The Balaban J connectivity index is 1.51. The van der Waals surface area contributed by atoms with Gasteiger partial charge in [-0.1, -0.05) is 11.6 Å². The van der Waals surface area contributed by atoms with Gasteiger partial charge in [-0.2, -0.15) is 0 Å². The number of aromatic nitrogens is 3. The van der Waals surface area contributed by atoms with E-state index in [1.165, 1.54) is 0 Å². The van der Waals surface area contributed by atoms with Crippen LogP contribution in [0.2, 0.25) is 5.02 Å². The maximum absolute atomic E-state index is 6.05. The van der Waals surface area contributed by atoms with Gasteiger partial charge < -0.3 is 9.64 Å². The van der Waals surface area contributed by atoms with Crippen LogP contribution in [-0.2, 0) is 0 Å². The third-order valence-electron chi connectivity index (χ3n) is 3.89. The number of pyridine rings is 1. The summed E-state index contributed by atoms with van der Waals surface area (Å²) in [5, 5.41) is 0.565. The summed E-state index contributed by atoms with van der Waals surface area (Å²) in [6, 6.07) is 1.81. The molecule has 0 atom stereocenters. The van der Waals surface area contributed by atoms with E-state index in [2.05, 4.69) is 19.9 Å². The highest BCUT2D eigenvalue weighted by Crippen LogP contribution is 2.25. The first kappa shape index (κ1) is 15.0. The number of nitrogens with zero attached hydrogens (tertiary/aromatic N) is 4. The summed E-state index contributed by atoms with van der Waals surface area (Å²) in [5.41, 5.74) is 0.954. The smallest absolute Gasteiger partial charge is 0.147 e. The summed E-state index contributed by atoms with van der Waals surface area (Å²) < 4.78 is 5.82. The van der Waals surface area contributed by atoms with E-state index in [-0.39, 0.29) is 0 Å². The molecule has 22 heavy (non-hydrogen) atoms. The van der Waals surface area contributed by atoms with Crippen molar-refractivity contribution in [3.8, 4) is 5.75 Å². The molecule has 0 aromatic carbocycles. The quantitative estimate of drug-likeness (QED) is 0.867. The predicted molar refractivity (Wildman–Crippen MR) is 86.4 cm³/mol. The number of anilines is 1. The van der Waals surface area contributed by atoms with Crippen LogP contribution in [0.4, 0.5) is 5.82 Å². The molecule has 3 rings (SSSR count). The Bertz CT molecular complexity index is 629. The van der Waals surface area contributed by atoms with Gasteiger partial charge in [-0.15, -0.1) is 0 Å². The van der Waals surface area contributed by atoms with Crippen LogP contribution in [0.25, 0.3) is 0 Å². The minimum Gasteiger partial charge on any atom is -0.492 e. The van der Waals surface area contributed by atoms with Crippen LogP contribution in [0.3, 0.4) is 0 Å². The minimum atomic E-state index is 0.540. The molecule has 1 aliphatic rings. The van der Waals surface area contributed by atoms with Gasteiger partial charge in [-0.05, 0) is 25.7 Å². The fourth-order valence-corrected chi connectivity index (χ4v) is 2.79. The van der Waals surface area contributed by atoms with Gasteiger partial charge in [0, 0.05) is 37.7 Å². The Morgan fingerprint density at radius 3 is 2.77 bits per heavy atom. The summed E-state index contributed by atoms with van der Waals surface area (Å²) in [7, 11) is 0. The van der Waals surface area contributed by atoms with Gasteiger partial charge in [-0.25, -0.2) is 4.98 Å². The largest absolute Gasteiger partial charge is 0.492 e. The standard InChI is InChI=1S/C16H19ClN4O/c1-12-8-19-10-16(20-12)21-6-3-13(4-7-21)11-22-15-2-5-18-9-14(15)17/h2,5,8-10,13H,3-4,6-7,11H2,1H3. The number of rotatable bonds is 4. The molecule has 0 unspecified atom stereocenters. The van der Waals surface area contributed by atoms with Crippen LogP contribution in [0.1, 0.15) is 18.5 Å². The second kappa shape index (κ2) is 6.92. The second-order valence-corrected chi connectivity index (χ2v) is 5.97. The monoisotopic (exact) mass is 318 g/mol. The summed E-state index contributed by atoms with van der Waals surface area (Å²) in [5.74, 6) is 2.22. The first-order valence-electron chi connectivity index (χ1n) is 7.48. The van der Waals surface area contributed by atoms with E-state index in [0.29, 0.717) is 23.3 Å². The maximum Gasteiger partial charge on any atom is 0.147 e. The van der Waals surface area contributed by atoms with Crippen LogP contribution in [0.5, 0.6) is 5.75 Å². The van der Waals surface area contributed by atoms with Crippen molar-refractivity contribution in [3.05, 3.63) is 41.6 Å². The molecule has 1 aliphatic heterocycles. The molecule has 0 aliphatic carbocycles. The van der Waals surface area contributed by atoms with E-state index < -0.39 is 0 Å². The molecule has 2 aromatic rings. The van der Waals surface area contributed by atoms with E-state index in [9.17, 15) is 0 Å². The molecule has 3 heterocycles. The fourth-order valence-electron chi connectivity index (χ4n) is 2.62. The van der Waals surface area contributed by atoms with E-state index in [4.69, 9.17) is 16.3 Å². The highest BCUT2D eigenvalue weighted by Gasteiger charge is 2.21. The van der Waals surface area contributed by atoms with Gasteiger partial charge in [0.05, 0.1) is 18.5 Å². The van der Waals surface area contributed by atoms with Crippen molar-refractivity contribution in [1.82, 2.24) is 15.0 Å². The maximum atomic E-state index is 6.05. The summed E-state index contributed by atoms with van der Waals surface area (Å²) in [6.45, 7) is 4.62. The minimum absolute atomic E-state index is 0.540. The van der Waals surface area contributed by atoms with E-state index in [1.54, 1.807) is 24.7 Å². The van der Waals surface area contributed by atoms with Gasteiger partial charge in [0.25, 0.3) is 0 Å². The van der Waals surface area contributed by atoms with Crippen molar-refractivity contribution in [1.29, 1.82) is 0 Å². The lowest BCUT2D eigenvalue weighted by Crippen LogP contribution is -2.36. The molecule has 0 bridgehead atoms. The van der Waals surface area contributed by atoms with Crippen LogP contribution < -0.4 is 9.64 Å². The third kappa shape index (κ3) is 3.65. The van der Waals surface area contributed by atoms with Gasteiger partial charge in [-0.3, -0.25) is 9.97 Å². The zero-order valence-electron chi connectivity index (χ0n) is 12.6. The number of halogens is 1. The number of hydrogen-bond donors (Lipinski definition) is 0. The Hall–Kier alpha value is -1.88. The van der Waals surface area contributed by atoms with Gasteiger partial charge in [0.2, 0.25) is 0 Å². The SMILES string of the molecule is Cc1cncc(N2CCC(COc3ccncc3Cl)CC2)n1. The molecule has 6 heteroatoms. The van der Waals surface area contributed by atoms with Gasteiger partial charge in [0.1, 0.15) is 16.6 Å². The molecular formula is C16H19ClN4O. The number of piperidine rings is 1. The van der Waals surface area contributed by atoms with Crippen LogP contribution in [-0.4, -0.2) is 34.6 Å². The topological polar surface area (TPSA) is 51.1 Å². The lowest BCUT2D eigenvalue weighted by molar-refractivity contribution is 0.222. The Kier molecular flexibility index (Phi) is 4.73. The molecule has 2 aromatic heterocycles. The van der Waals surface area contributed by atoms with E-state index >= 15 is 0 Å². The normalized spacial score (nSPS) is 15.8. The third-order valence-corrected chi connectivity index (χ3v) is 4.17. The van der Waals surface area contributed by atoms with Crippen LogP contribution in [0.15, 0.2) is 30.9 Å². The molecule has 0 N–H and O–H groups in total. The molecule has 1 fully saturated rings. The Morgan fingerprint density at radius 1 is 1.23 bits per heavy atom. The highest BCUT2D eigenvalue weighted by atomic mass is 35.5. The molecule has 1 saturated heterocycles. The summed E-state index contributed by atoms with van der Waals surface area (Å²) >= 11 is 6.05. The molecule has 0 amide bonds. The Labute approximate surface area is 135 Å². The van der Waals surface area contributed by atoms with E-state index in [0.717, 1.165) is 37.4 Å². The average Bonchev–Trinajstić information content (AvgIpc) is 2.55. The van der Waals surface area contributed by atoms with Crippen molar-refractivity contribution in [2.45, 2.75) is 19.8 Å². The first-order chi connectivity index (χ1) is 10.7. The van der Waals surface area contributed by atoms with Crippen molar-refractivity contribution in [2.75, 3.05) is 24.6 Å². The number of hydrogen-bond acceptors (Lipinski definition) is 5. The second-order valence-electron chi connectivity index (χ2n) is 5.57. The van der Waals surface area contributed by atoms with E-state index in [1.807, 2.05) is 13.1 Å². The molecular weight excluding hydrogens is 300 g/mol. The van der Waals surface area contributed by atoms with Crippen molar-refractivity contribution in [3.63, 3.8) is 0 Å². The average molecular weight is 319 g/mol. The summed E-state index contributed by atoms with van der Waals surface area (Å²) in [6.07, 6.45) is 9.08. The number of aryl methyl sites for hydroxylation is 1. The zero-order valence-corrected chi connectivity index (χ0v) is 13.3. The van der Waals surface area contributed by atoms with Crippen molar-refractivity contribution < 1.29 is 4.74 Å². The van der Waals surface area contributed by atoms with Crippen LogP contribution in [0, 0.1) is 12.8 Å². The number of ether oxygens (including phenoxy) is 1. The molecule has 116 valence electrons. The Morgan fingerprint density at radius 2 is 2.05 bits per heavy atom. The first-order valence-corrected chi connectivity index (χ1v) is 7.86. The van der Waals surface area contributed by atoms with Crippen LogP contribution >= 0.6 is 11.6 Å². The van der Waals surface area contributed by atoms with Gasteiger partial charge >= 0.3 is 0 Å². The predicted octanol–water partition coefficient (Wildman–Crippen LogP) is 3.13. The fraction of sp³-hybridized carbons (Fsp3) is 0.438. The zero-order chi connectivity index (χ0) is 15.4. The molecule has 0 saturated carbocycles. The summed E-state index contributed by atoms with van der Waals surface area (Å²) in [4.78, 5) is 15.0.